The standard InChI is InChI=1S/C22H20FN3O3/c1-29-20-3-2-15(23)8-17(20)16-4-5-24-21-18(16)9-19(25-21)12-6-13-10-26(22(27)28)11-14(13)7-12/h2-6,8-9,13-14H,7,10-11H2,1H3,(H,24,25)(H,27,28)/t13-,14+/m0/s1. The number of allylic oxidation sites excluding steroid dienone is 1. The Morgan fingerprint density at radius 3 is 2.90 bits per heavy atom. The Hall–Kier alpha value is -3.35. The van der Waals surface area contributed by atoms with Crippen LogP contribution in [-0.2, 0) is 0 Å². The highest BCUT2D eigenvalue weighted by Crippen LogP contribution is 2.42. The zero-order valence-electron chi connectivity index (χ0n) is 15.9. The van der Waals surface area contributed by atoms with Crippen LogP contribution in [0.3, 0.4) is 0 Å². The van der Waals surface area contributed by atoms with E-state index in [1.165, 1.54) is 22.6 Å². The second-order valence-corrected chi connectivity index (χ2v) is 7.66. The normalized spacial score (nSPS) is 20.8. The van der Waals surface area contributed by atoms with Gasteiger partial charge in [0, 0.05) is 41.8 Å². The number of methoxy groups -OCH3 is 1. The van der Waals surface area contributed by atoms with Gasteiger partial charge < -0.3 is 19.7 Å². The minimum atomic E-state index is -0.849. The summed E-state index contributed by atoms with van der Waals surface area (Å²) in [5.41, 5.74) is 4.42. The van der Waals surface area contributed by atoms with Crippen LogP contribution in [-0.4, -0.2) is 46.3 Å². The highest BCUT2D eigenvalue weighted by atomic mass is 19.1. The molecule has 2 aromatic heterocycles. The molecule has 2 aliphatic rings. The predicted molar refractivity (Wildman–Crippen MR) is 107 cm³/mol. The first-order chi connectivity index (χ1) is 14.0. The summed E-state index contributed by atoms with van der Waals surface area (Å²) in [5.74, 6) is 0.854. The first kappa shape index (κ1) is 17.7. The van der Waals surface area contributed by atoms with Gasteiger partial charge in [0.15, 0.2) is 0 Å². The molecule has 1 amide bonds. The summed E-state index contributed by atoms with van der Waals surface area (Å²) in [7, 11) is 1.57. The number of carboxylic acid groups (broad SMARTS) is 1. The summed E-state index contributed by atoms with van der Waals surface area (Å²) in [6.45, 7) is 1.12. The Bertz CT molecular complexity index is 1150. The summed E-state index contributed by atoms with van der Waals surface area (Å²) in [6.07, 6.45) is 3.86. The number of amides is 1. The third-order valence-corrected chi connectivity index (χ3v) is 5.99. The van der Waals surface area contributed by atoms with Gasteiger partial charge in [0.1, 0.15) is 17.2 Å². The SMILES string of the molecule is COc1ccc(F)cc1-c1ccnc2[nH]c(C3=C[C@H]4CN(C(=O)O)C[C@H]4C3)cc12. The van der Waals surface area contributed by atoms with Crippen molar-refractivity contribution in [2.24, 2.45) is 11.8 Å². The van der Waals surface area contributed by atoms with Crippen LogP contribution < -0.4 is 4.74 Å². The molecule has 1 fully saturated rings. The van der Waals surface area contributed by atoms with Crippen LogP contribution in [0.5, 0.6) is 5.75 Å². The van der Waals surface area contributed by atoms with Crippen molar-refractivity contribution in [3.05, 3.63) is 54.1 Å². The molecule has 0 spiro atoms. The third kappa shape index (κ3) is 2.93. The molecule has 0 radical (unpaired) electrons. The maximum Gasteiger partial charge on any atom is 0.407 e. The van der Waals surface area contributed by atoms with E-state index in [9.17, 15) is 14.3 Å². The molecular formula is C22H20FN3O3. The minimum Gasteiger partial charge on any atom is -0.496 e. The van der Waals surface area contributed by atoms with Crippen molar-refractivity contribution >= 4 is 22.7 Å². The van der Waals surface area contributed by atoms with Gasteiger partial charge in [0.25, 0.3) is 0 Å². The highest BCUT2D eigenvalue weighted by Gasteiger charge is 2.38. The second kappa shape index (κ2) is 6.62. The molecule has 1 saturated heterocycles. The van der Waals surface area contributed by atoms with E-state index in [0.29, 0.717) is 30.3 Å². The maximum atomic E-state index is 13.9. The van der Waals surface area contributed by atoms with Gasteiger partial charge >= 0.3 is 6.09 Å². The molecule has 1 aliphatic heterocycles. The number of fused-ring (bicyclic) bond motifs is 2. The molecule has 29 heavy (non-hydrogen) atoms. The molecule has 7 heteroatoms. The van der Waals surface area contributed by atoms with Crippen LogP contribution in [0.4, 0.5) is 9.18 Å². The lowest BCUT2D eigenvalue weighted by Crippen LogP contribution is -2.27. The van der Waals surface area contributed by atoms with Crippen LogP contribution in [0.25, 0.3) is 27.7 Å². The lowest BCUT2D eigenvalue weighted by Gasteiger charge is -2.12. The van der Waals surface area contributed by atoms with Crippen molar-refractivity contribution in [2.75, 3.05) is 20.2 Å². The smallest absolute Gasteiger partial charge is 0.407 e. The van der Waals surface area contributed by atoms with Crippen molar-refractivity contribution in [1.29, 1.82) is 0 Å². The summed E-state index contributed by atoms with van der Waals surface area (Å²) >= 11 is 0. The zero-order chi connectivity index (χ0) is 20.1. The Balaban J connectivity index is 1.53. The Morgan fingerprint density at radius 1 is 1.28 bits per heavy atom. The van der Waals surface area contributed by atoms with Crippen LogP contribution in [0.15, 0.2) is 42.6 Å². The number of carbonyl (C=O) groups is 1. The van der Waals surface area contributed by atoms with Gasteiger partial charge in [-0.2, -0.15) is 0 Å². The van der Waals surface area contributed by atoms with Gasteiger partial charge in [-0.25, -0.2) is 14.2 Å². The summed E-state index contributed by atoms with van der Waals surface area (Å²) in [5, 5.41) is 10.1. The van der Waals surface area contributed by atoms with Crippen LogP contribution in [0, 0.1) is 17.7 Å². The highest BCUT2D eigenvalue weighted by molar-refractivity contribution is 5.96. The van der Waals surface area contributed by atoms with E-state index in [2.05, 4.69) is 16.0 Å². The maximum absolute atomic E-state index is 13.9. The largest absolute Gasteiger partial charge is 0.496 e. The molecule has 148 valence electrons. The fraction of sp³-hybridized carbons (Fsp3) is 0.273. The van der Waals surface area contributed by atoms with E-state index in [-0.39, 0.29) is 11.7 Å². The fourth-order valence-electron chi connectivity index (χ4n) is 4.59. The fourth-order valence-corrected chi connectivity index (χ4v) is 4.59. The molecule has 0 bridgehead atoms. The van der Waals surface area contributed by atoms with Gasteiger partial charge in [0.05, 0.1) is 7.11 Å². The average Bonchev–Trinajstić information content (AvgIpc) is 3.39. The third-order valence-electron chi connectivity index (χ3n) is 5.99. The zero-order valence-corrected chi connectivity index (χ0v) is 15.9. The lowest BCUT2D eigenvalue weighted by molar-refractivity contribution is 0.153. The van der Waals surface area contributed by atoms with Gasteiger partial charge in [-0.3, -0.25) is 0 Å². The summed E-state index contributed by atoms with van der Waals surface area (Å²) < 4.78 is 19.3. The van der Waals surface area contributed by atoms with Crippen molar-refractivity contribution < 1.29 is 19.0 Å². The van der Waals surface area contributed by atoms with Gasteiger partial charge in [-0.15, -0.1) is 0 Å². The van der Waals surface area contributed by atoms with E-state index in [1.54, 1.807) is 19.4 Å². The number of hydrogen-bond donors (Lipinski definition) is 2. The minimum absolute atomic E-state index is 0.253. The molecule has 2 atom stereocenters. The number of halogens is 1. The van der Waals surface area contributed by atoms with Gasteiger partial charge in [-0.1, -0.05) is 6.08 Å². The van der Waals surface area contributed by atoms with Crippen molar-refractivity contribution in [1.82, 2.24) is 14.9 Å². The number of H-pyrrole nitrogens is 1. The van der Waals surface area contributed by atoms with E-state index < -0.39 is 6.09 Å². The number of nitrogens with zero attached hydrogens (tertiary/aromatic N) is 2. The number of hydrogen-bond acceptors (Lipinski definition) is 3. The molecule has 3 heterocycles. The number of ether oxygens (including phenoxy) is 1. The molecule has 6 nitrogen and oxygen atoms in total. The quantitative estimate of drug-likeness (QED) is 0.692. The van der Waals surface area contributed by atoms with Crippen molar-refractivity contribution in [2.45, 2.75) is 6.42 Å². The van der Waals surface area contributed by atoms with Crippen LogP contribution in [0.2, 0.25) is 0 Å². The Labute approximate surface area is 166 Å². The number of nitrogens with one attached hydrogen (secondary N) is 1. The molecule has 2 N–H and O–H groups in total. The average molecular weight is 393 g/mol. The van der Waals surface area contributed by atoms with Crippen molar-refractivity contribution in [3.63, 3.8) is 0 Å². The molecule has 3 aromatic rings. The number of aromatic amines is 1. The predicted octanol–water partition coefficient (Wildman–Crippen LogP) is 4.39. The van der Waals surface area contributed by atoms with Gasteiger partial charge in [0.2, 0.25) is 0 Å². The number of rotatable bonds is 3. The van der Waals surface area contributed by atoms with Crippen LogP contribution >= 0.6 is 0 Å². The Kier molecular flexibility index (Phi) is 4.04. The van der Waals surface area contributed by atoms with E-state index in [0.717, 1.165) is 28.7 Å². The second-order valence-electron chi connectivity index (χ2n) is 7.66. The Morgan fingerprint density at radius 2 is 2.14 bits per heavy atom. The number of benzene rings is 1. The van der Waals surface area contributed by atoms with E-state index >= 15 is 0 Å². The summed E-state index contributed by atoms with van der Waals surface area (Å²) in [6, 6.07) is 8.38. The molecule has 1 aromatic carbocycles. The van der Waals surface area contributed by atoms with E-state index in [1.807, 2.05) is 12.1 Å². The molecule has 0 unspecified atom stereocenters. The molecule has 0 saturated carbocycles. The number of likely N-dealkylation sites (tertiary alicyclic amines) is 1. The molecule has 1 aliphatic carbocycles. The lowest BCUT2D eigenvalue weighted by atomic mass is 9.99. The van der Waals surface area contributed by atoms with E-state index in [4.69, 9.17) is 4.74 Å². The summed E-state index contributed by atoms with van der Waals surface area (Å²) in [4.78, 5) is 20.5. The molecular weight excluding hydrogens is 373 g/mol. The molecule has 5 rings (SSSR count). The van der Waals surface area contributed by atoms with Crippen LogP contribution in [0.1, 0.15) is 12.1 Å². The monoisotopic (exact) mass is 393 g/mol. The van der Waals surface area contributed by atoms with Gasteiger partial charge in [-0.05, 0) is 53.8 Å². The first-order valence-corrected chi connectivity index (χ1v) is 9.54. The van der Waals surface area contributed by atoms with Crippen molar-refractivity contribution in [3.8, 4) is 16.9 Å². The number of aromatic nitrogens is 2. The first-order valence-electron chi connectivity index (χ1n) is 9.54. The number of pyridine rings is 1. The topological polar surface area (TPSA) is 78.5 Å².